The first-order chi connectivity index (χ1) is 8.83. The van der Waals surface area contributed by atoms with Gasteiger partial charge in [0.05, 0.1) is 6.54 Å². The molecule has 0 unspecified atom stereocenters. The van der Waals surface area contributed by atoms with Gasteiger partial charge in [0.2, 0.25) is 0 Å². The second kappa shape index (κ2) is 5.16. The van der Waals surface area contributed by atoms with Gasteiger partial charge in [-0.25, -0.2) is 9.97 Å². The van der Waals surface area contributed by atoms with Crippen LogP contribution in [0.4, 0.5) is 0 Å². The molecule has 1 saturated carbocycles. The van der Waals surface area contributed by atoms with Crippen LogP contribution in [0.2, 0.25) is 0 Å². The molecule has 2 aromatic rings. The van der Waals surface area contributed by atoms with E-state index in [9.17, 15) is 0 Å². The lowest BCUT2D eigenvalue weighted by molar-refractivity contribution is 0.658. The molecule has 0 aliphatic heterocycles. The molecular formula is C14H14BrN3. The summed E-state index contributed by atoms with van der Waals surface area (Å²) < 4.78 is 1.07. The minimum absolute atomic E-state index is 0.691. The molecule has 4 heteroatoms. The second-order valence-electron chi connectivity index (χ2n) is 4.52. The monoisotopic (exact) mass is 303 g/mol. The largest absolute Gasteiger partial charge is 0.307 e. The molecular weight excluding hydrogens is 290 g/mol. The third-order valence-electron chi connectivity index (χ3n) is 3.02. The molecule has 92 valence electrons. The lowest BCUT2D eigenvalue weighted by atomic mass is 10.1. The molecule has 3 nitrogen and oxygen atoms in total. The molecule has 1 heterocycles. The molecule has 0 saturated heterocycles. The van der Waals surface area contributed by atoms with Crippen LogP contribution in [0.3, 0.4) is 0 Å². The first-order valence-corrected chi connectivity index (χ1v) is 6.91. The van der Waals surface area contributed by atoms with Crippen molar-refractivity contribution in [2.45, 2.75) is 25.4 Å². The Morgan fingerprint density at radius 2 is 1.89 bits per heavy atom. The van der Waals surface area contributed by atoms with Gasteiger partial charge in [-0.05, 0) is 24.5 Å². The van der Waals surface area contributed by atoms with Gasteiger partial charge in [0, 0.05) is 28.5 Å². The van der Waals surface area contributed by atoms with Crippen molar-refractivity contribution < 1.29 is 0 Å². The van der Waals surface area contributed by atoms with E-state index in [1.54, 1.807) is 0 Å². The van der Waals surface area contributed by atoms with E-state index in [1.807, 2.05) is 30.6 Å². The summed E-state index contributed by atoms with van der Waals surface area (Å²) >= 11 is 3.54. The van der Waals surface area contributed by atoms with Crippen LogP contribution in [0.5, 0.6) is 0 Å². The van der Waals surface area contributed by atoms with Crippen LogP contribution in [-0.4, -0.2) is 16.0 Å². The molecule has 0 spiro atoms. The maximum Gasteiger partial charge on any atom is 0.141 e. The van der Waals surface area contributed by atoms with Crippen molar-refractivity contribution in [3.63, 3.8) is 0 Å². The number of benzene rings is 1. The van der Waals surface area contributed by atoms with E-state index in [-0.39, 0.29) is 0 Å². The summed E-state index contributed by atoms with van der Waals surface area (Å²) in [5.74, 6) is 0.859. The highest BCUT2D eigenvalue weighted by atomic mass is 79.9. The van der Waals surface area contributed by atoms with Crippen molar-refractivity contribution >= 4 is 15.9 Å². The lowest BCUT2D eigenvalue weighted by Gasteiger charge is -2.05. The Morgan fingerprint density at radius 3 is 2.56 bits per heavy atom. The highest BCUT2D eigenvalue weighted by molar-refractivity contribution is 9.10. The van der Waals surface area contributed by atoms with E-state index in [0.29, 0.717) is 6.04 Å². The minimum Gasteiger partial charge on any atom is -0.307 e. The second-order valence-corrected chi connectivity index (χ2v) is 5.38. The van der Waals surface area contributed by atoms with Crippen molar-refractivity contribution in [3.8, 4) is 11.1 Å². The van der Waals surface area contributed by atoms with E-state index in [1.165, 1.54) is 12.8 Å². The summed E-state index contributed by atoms with van der Waals surface area (Å²) in [4.78, 5) is 8.80. The molecule has 0 bridgehead atoms. The number of hydrogen-bond acceptors (Lipinski definition) is 3. The third kappa shape index (κ3) is 2.76. The quantitative estimate of drug-likeness (QED) is 0.943. The minimum atomic E-state index is 0.691. The Morgan fingerprint density at radius 1 is 1.17 bits per heavy atom. The van der Waals surface area contributed by atoms with Crippen LogP contribution in [0.15, 0.2) is 41.1 Å². The molecule has 1 N–H and O–H groups in total. The van der Waals surface area contributed by atoms with Gasteiger partial charge < -0.3 is 5.32 Å². The number of aromatic nitrogens is 2. The van der Waals surface area contributed by atoms with Gasteiger partial charge >= 0.3 is 0 Å². The van der Waals surface area contributed by atoms with Crippen molar-refractivity contribution in [2.24, 2.45) is 0 Å². The normalized spacial score (nSPS) is 14.7. The van der Waals surface area contributed by atoms with Crippen molar-refractivity contribution in [3.05, 3.63) is 47.0 Å². The molecule has 1 aromatic heterocycles. The summed E-state index contributed by atoms with van der Waals surface area (Å²) in [6.45, 7) is 0.765. The standard InChI is InChI=1S/C14H14BrN3/c15-13-4-2-1-3-12(13)10-7-17-14(18-8-10)9-16-11-5-6-11/h1-4,7-8,11,16H,5-6,9H2. The average Bonchev–Trinajstić information content (AvgIpc) is 3.22. The zero-order valence-corrected chi connectivity index (χ0v) is 11.5. The lowest BCUT2D eigenvalue weighted by Crippen LogP contribution is -2.17. The van der Waals surface area contributed by atoms with Crippen LogP contribution in [0, 0.1) is 0 Å². The predicted octanol–water partition coefficient (Wildman–Crippen LogP) is 3.16. The number of nitrogens with zero attached hydrogens (tertiary/aromatic N) is 2. The summed E-state index contributed by atoms with van der Waals surface area (Å²) in [5.41, 5.74) is 2.16. The molecule has 3 rings (SSSR count). The molecule has 1 aliphatic carbocycles. The molecule has 1 aliphatic rings. The van der Waals surface area contributed by atoms with Crippen molar-refractivity contribution in [2.75, 3.05) is 0 Å². The Hall–Kier alpha value is -1.26. The number of halogens is 1. The van der Waals surface area contributed by atoms with Crippen LogP contribution < -0.4 is 5.32 Å². The van der Waals surface area contributed by atoms with Gasteiger partial charge in [-0.15, -0.1) is 0 Å². The number of hydrogen-bond donors (Lipinski definition) is 1. The van der Waals surface area contributed by atoms with Crippen LogP contribution in [0.1, 0.15) is 18.7 Å². The van der Waals surface area contributed by atoms with Gasteiger partial charge in [0.25, 0.3) is 0 Å². The fraction of sp³-hybridized carbons (Fsp3) is 0.286. The van der Waals surface area contributed by atoms with E-state index >= 15 is 0 Å². The first-order valence-electron chi connectivity index (χ1n) is 6.12. The van der Waals surface area contributed by atoms with Crippen LogP contribution >= 0.6 is 15.9 Å². The first kappa shape index (κ1) is 11.8. The predicted molar refractivity (Wildman–Crippen MR) is 75.0 cm³/mol. The van der Waals surface area contributed by atoms with Crippen molar-refractivity contribution in [1.29, 1.82) is 0 Å². The smallest absolute Gasteiger partial charge is 0.141 e. The Kier molecular flexibility index (Phi) is 3.39. The van der Waals surface area contributed by atoms with E-state index in [2.05, 4.69) is 37.3 Å². The van der Waals surface area contributed by atoms with E-state index in [4.69, 9.17) is 0 Å². The Balaban J connectivity index is 1.75. The summed E-state index contributed by atoms with van der Waals surface area (Å²) in [7, 11) is 0. The fourth-order valence-corrected chi connectivity index (χ4v) is 2.32. The molecule has 18 heavy (non-hydrogen) atoms. The summed E-state index contributed by atoms with van der Waals surface area (Å²) in [6.07, 6.45) is 6.35. The topological polar surface area (TPSA) is 37.8 Å². The Labute approximate surface area is 115 Å². The third-order valence-corrected chi connectivity index (χ3v) is 3.71. The zero-order valence-electron chi connectivity index (χ0n) is 9.94. The van der Waals surface area contributed by atoms with E-state index < -0.39 is 0 Å². The molecule has 1 aromatic carbocycles. The van der Waals surface area contributed by atoms with Gasteiger partial charge in [-0.2, -0.15) is 0 Å². The molecule has 1 fully saturated rings. The molecule has 0 atom stereocenters. The zero-order chi connectivity index (χ0) is 12.4. The Bertz CT molecular complexity index is 535. The fourth-order valence-electron chi connectivity index (χ4n) is 1.80. The van der Waals surface area contributed by atoms with E-state index in [0.717, 1.165) is 28.0 Å². The molecule has 0 radical (unpaired) electrons. The average molecular weight is 304 g/mol. The summed E-state index contributed by atoms with van der Waals surface area (Å²) in [6, 6.07) is 8.80. The van der Waals surface area contributed by atoms with Gasteiger partial charge in [0.15, 0.2) is 0 Å². The van der Waals surface area contributed by atoms with Gasteiger partial charge in [0.1, 0.15) is 5.82 Å². The molecule has 0 amide bonds. The van der Waals surface area contributed by atoms with Crippen LogP contribution in [0.25, 0.3) is 11.1 Å². The van der Waals surface area contributed by atoms with Crippen molar-refractivity contribution in [1.82, 2.24) is 15.3 Å². The maximum atomic E-state index is 4.40. The van der Waals surface area contributed by atoms with Gasteiger partial charge in [-0.3, -0.25) is 0 Å². The highest BCUT2D eigenvalue weighted by Crippen LogP contribution is 2.26. The van der Waals surface area contributed by atoms with Crippen LogP contribution in [-0.2, 0) is 6.54 Å². The van der Waals surface area contributed by atoms with Gasteiger partial charge in [-0.1, -0.05) is 34.1 Å². The number of rotatable bonds is 4. The SMILES string of the molecule is Brc1ccccc1-c1cnc(CNC2CC2)nc1. The highest BCUT2D eigenvalue weighted by Gasteiger charge is 2.20. The number of nitrogens with one attached hydrogen (secondary N) is 1. The maximum absolute atomic E-state index is 4.40. The summed E-state index contributed by atoms with van der Waals surface area (Å²) in [5, 5.41) is 3.41.